The van der Waals surface area contributed by atoms with E-state index < -0.39 is 0 Å². The van der Waals surface area contributed by atoms with E-state index in [1.165, 1.54) is 37.0 Å². The molecule has 0 aromatic carbocycles. The highest BCUT2D eigenvalue weighted by Gasteiger charge is 2.27. The molecule has 1 amide bonds. The lowest BCUT2D eigenvalue weighted by Crippen LogP contribution is -2.34. The van der Waals surface area contributed by atoms with E-state index in [0.29, 0.717) is 5.92 Å². The maximum atomic E-state index is 12.4. The first-order valence-corrected chi connectivity index (χ1v) is 9.49. The predicted molar refractivity (Wildman–Crippen MR) is 91.1 cm³/mol. The Balaban J connectivity index is 1.50. The first-order chi connectivity index (χ1) is 11.3. The second kappa shape index (κ2) is 7.78. The third-order valence-corrected chi connectivity index (χ3v) is 6.20. The van der Waals surface area contributed by atoms with Crippen molar-refractivity contribution in [2.45, 2.75) is 69.7 Å². The molecule has 0 saturated heterocycles. The van der Waals surface area contributed by atoms with Gasteiger partial charge in [-0.3, -0.25) is 4.79 Å². The number of carbonyl (C=O) groups excluding carboxylic acids is 1. The van der Waals surface area contributed by atoms with Gasteiger partial charge in [-0.2, -0.15) is 5.26 Å². The van der Waals surface area contributed by atoms with Crippen molar-refractivity contribution in [3.8, 4) is 6.19 Å². The van der Waals surface area contributed by atoms with Gasteiger partial charge < -0.3 is 10.6 Å². The molecular weight excluding hydrogens is 308 g/mol. The highest BCUT2D eigenvalue weighted by atomic mass is 32.1. The van der Waals surface area contributed by atoms with Crippen LogP contribution in [0.2, 0.25) is 0 Å². The summed E-state index contributed by atoms with van der Waals surface area (Å²) >= 11 is 1.64. The van der Waals surface area contributed by atoms with Gasteiger partial charge in [0, 0.05) is 23.0 Å². The second-order valence-corrected chi connectivity index (χ2v) is 7.76. The van der Waals surface area contributed by atoms with Gasteiger partial charge in [0.15, 0.2) is 11.3 Å². The molecule has 0 radical (unpaired) electrons. The molecule has 2 aliphatic rings. The Hall–Kier alpha value is -1.61. The molecule has 2 aliphatic carbocycles. The van der Waals surface area contributed by atoms with Gasteiger partial charge in [0.2, 0.25) is 5.91 Å². The van der Waals surface area contributed by atoms with Crippen LogP contribution in [0.15, 0.2) is 6.20 Å². The lowest BCUT2D eigenvalue weighted by atomic mass is 9.85. The van der Waals surface area contributed by atoms with Gasteiger partial charge in [0.05, 0.1) is 0 Å². The lowest BCUT2D eigenvalue weighted by molar-refractivity contribution is -0.120. The molecule has 124 valence electrons. The molecule has 0 spiro atoms. The van der Waals surface area contributed by atoms with Crippen molar-refractivity contribution in [1.82, 2.24) is 10.3 Å². The molecule has 6 heteroatoms. The van der Waals surface area contributed by atoms with Crippen molar-refractivity contribution in [3.63, 3.8) is 0 Å². The molecule has 0 atom stereocenters. The van der Waals surface area contributed by atoms with Crippen LogP contribution in [0.4, 0.5) is 5.13 Å². The van der Waals surface area contributed by atoms with E-state index in [-0.39, 0.29) is 17.9 Å². The average molecular weight is 332 g/mol. The van der Waals surface area contributed by atoms with E-state index in [4.69, 9.17) is 5.26 Å². The highest BCUT2D eigenvalue weighted by molar-refractivity contribution is 7.15. The summed E-state index contributed by atoms with van der Waals surface area (Å²) in [7, 11) is 0. The number of amides is 1. The van der Waals surface area contributed by atoms with Gasteiger partial charge in [-0.25, -0.2) is 4.98 Å². The highest BCUT2D eigenvalue weighted by Crippen LogP contribution is 2.37. The van der Waals surface area contributed by atoms with Crippen LogP contribution in [-0.2, 0) is 4.79 Å². The van der Waals surface area contributed by atoms with E-state index >= 15 is 0 Å². The summed E-state index contributed by atoms with van der Waals surface area (Å²) in [5.74, 6) is 0.776. The summed E-state index contributed by atoms with van der Waals surface area (Å²) < 4.78 is 0. The van der Waals surface area contributed by atoms with Crippen LogP contribution in [-0.4, -0.2) is 16.9 Å². The molecule has 0 aliphatic heterocycles. The zero-order valence-electron chi connectivity index (χ0n) is 13.4. The van der Waals surface area contributed by atoms with Crippen LogP contribution in [0, 0.1) is 17.4 Å². The third-order valence-electron chi connectivity index (χ3n) is 5.13. The second-order valence-electron chi connectivity index (χ2n) is 6.70. The first kappa shape index (κ1) is 16.3. The van der Waals surface area contributed by atoms with Crippen LogP contribution in [0.25, 0.3) is 0 Å². The van der Waals surface area contributed by atoms with Crippen LogP contribution in [0.5, 0.6) is 0 Å². The molecule has 0 bridgehead atoms. The van der Waals surface area contributed by atoms with Crippen molar-refractivity contribution in [1.29, 1.82) is 5.26 Å². The molecule has 1 aromatic heterocycles. The number of aromatic nitrogens is 1. The van der Waals surface area contributed by atoms with Crippen molar-refractivity contribution in [3.05, 3.63) is 11.1 Å². The number of nitriles is 1. The summed E-state index contributed by atoms with van der Waals surface area (Å²) in [5, 5.41) is 15.2. The topological polar surface area (TPSA) is 77.8 Å². The van der Waals surface area contributed by atoms with E-state index in [1.54, 1.807) is 11.3 Å². The minimum absolute atomic E-state index is 0.0498. The summed E-state index contributed by atoms with van der Waals surface area (Å²) in [6.45, 7) is 0. The van der Waals surface area contributed by atoms with Gasteiger partial charge in [-0.15, -0.1) is 11.3 Å². The van der Waals surface area contributed by atoms with E-state index in [0.717, 1.165) is 30.8 Å². The van der Waals surface area contributed by atoms with Gasteiger partial charge in [0.1, 0.15) is 0 Å². The first-order valence-electron chi connectivity index (χ1n) is 8.67. The quantitative estimate of drug-likeness (QED) is 0.650. The molecule has 1 heterocycles. The van der Waals surface area contributed by atoms with Crippen LogP contribution in [0.3, 0.4) is 0 Å². The predicted octanol–water partition coefficient (Wildman–Crippen LogP) is 3.76. The SMILES string of the molecule is N#CNC1CCC(C(=O)Nc2ncc(C3CCCCC3)s2)CC1. The lowest BCUT2D eigenvalue weighted by Gasteiger charge is -2.26. The van der Waals surface area contributed by atoms with Gasteiger partial charge in [-0.05, 0) is 44.4 Å². The number of rotatable bonds is 4. The Labute approximate surface area is 141 Å². The van der Waals surface area contributed by atoms with Gasteiger partial charge in [-0.1, -0.05) is 19.3 Å². The number of nitrogens with one attached hydrogen (secondary N) is 2. The molecule has 2 fully saturated rings. The largest absolute Gasteiger partial charge is 0.321 e. The molecule has 0 unspecified atom stereocenters. The van der Waals surface area contributed by atoms with Gasteiger partial charge >= 0.3 is 0 Å². The Morgan fingerprint density at radius 2 is 1.91 bits per heavy atom. The molecule has 2 saturated carbocycles. The fourth-order valence-corrected chi connectivity index (χ4v) is 4.71. The average Bonchev–Trinajstić information content (AvgIpc) is 3.05. The normalized spacial score (nSPS) is 25.5. The van der Waals surface area contributed by atoms with Crippen molar-refractivity contribution in [2.75, 3.05) is 5.32 Å². The summed E-state index contributed by atoms with van der Waals surface area (Å²) in [4.78, 5) is 18.1. The molecule has 23 heavy (non-hydrogen) atoms. The minimum atomic E-state index is 0.0498. The Morgan fingerprint density at radius 3 is 2.61 bits per heavy atom. The van der Waals surface area contributed by atoms with Crippen LogP contribution >= 0.6 is 11.3 Å². The van der Waals surface area contributed by atoms with Crippen LogP contribution < -0.4 is 10.6 Å². The maximum absolute atomic E-state index is 12.4. The number of anilines is 1. The van der Waals surface area contributed by atoms with E-state index in [1.807, 2.05) is 12.4 Å². The fourth-order valence-electron chi connectivity index (χ4n) is 3.72. The van der Waals surface area contributed by atoms with E-state index in [2.05, 4.69) is 15.6 Å². The van der Waals surface area contributed by atoms with Crippen LogP contribution in [0.1, 0.15) is 68.6 Å². The van der Waals surface area contributed by atoms with Crippen molar-refractivity contribution < 1.29 is 4.79 Å². The number of carbonyl (C=O) groups is 1. The van der Waals surface area contributed by atoms with Gasteiger partial charge in [0.25, 0.3) is 0 Å². The maximum Gasteiger partial charge on any atom is 0.229 e. The standard InChI is InChI=1S/C17H24N4OS/c18-11-20-14-8-6-13(7-9-14)16(22)21-17-19-10-15(23-17)12-4-2-1-3-5-12/h10,12-14,20H,1-9H2,(H,19,21,22). The minimum Gasteiger partial charge on any atom is -0.321 e. The Kier molecular flexibility index (Phi) is 5.50. The van der Waals surface area contributed by atoms with Crippen molar-refractivity contribution >= 4 is 22.4 Å². The zero-order valence-corrected chi connectivity index (χ0v) is 14.2. The fraction of sp³-hybridized carbons (Fsp3) is 0.706. The Morgan fingerprint density at radius 1 is 1.17 bits per heavy atom. The summed E-state index contributed by atoms with van der Waals surface area (Å²) in [6, 6.07) is 0.238. The summed E-state index contributed by atoms with van der Waals surface area (Å²) in [5.41, 5.74) is 0. The van der Waals surface area contributed by atoms with Crippen molar-refractivity contribution in [2.24, 2.45) is 5.92 Å². The molecule has 1 aromatic rings. The monoisotopic (exact) mass is 332 g/mol. The number of hydrogen-bond donors (Lipinski definition) is 2. The molecule has 5 nitrogen and oxygen atoms in total. The molecule has 3 rings (SSSR count). The Bertz CT molecular complexity index is 565. The number of hydrogen-bond acceptors (Lipinski definition) is 5. The van der Waals surface area contributed by atoms with E-state index in [9.17, 15) is 4.79 Å². The summed E-state index contributed by atoms with van der Waals surface area (Å²) in [6.07, 6.45) is 13.9. The molecule has 2 N–H and O–H groups in total. The zero-order chi connectivity index (χ0) is 16.1. The molecular formula is C17H24N4OS. The number of thiazole rings is 1. The third kappa shape index (κ3) is 4.23. The number of nitrogens with zero attached hydrogens (tertiary/aromatic N) is 2. The smallest absolute Gasteiger partial charge is 0.229 e.